The molecule has 2 saturated heterocycles. The molecule has 10 heteroatoms. The van der Waals surface area contributed by atoms with E-state index in [1.165, 1.54) is 17.0 Å². The highest BCUT2D eigenvalue weighted by atomic mass is 127. The second kappa shape index (κ2) is 12.7. The number of amides is 1. The summed E-state index contributed by atoms with van der Waals surface area (Å²) in [5, 5.41) is 9.88. The summed E-state index contributed by atoms with van der Waals surface area (Å²) in [4.78, 5) is 16.3. The fourth-order valence-electron chi connectivity index (χ4n) is 6.18. The number of ether oxygens (including phenoxy) is 1. The van der Waals surface area contributed by atoms with E-state index in [2.05, 4.69) is 4.51 Å². The molecule has 0 aromatic heterocycles. The highest BCUT2D eigenvalue weighted by Gasteiger charge is 2.58. The van der Waals surface area contributed by atoms with E-state index in [0.717, 1.165) is 22.0 Å². The monoisotopic (exact) mass is 688 g/mol. The van der Waals surface area contributed by atoms with E-state index in [-0.39, 0.29) is 37.4 Å². The van der Waals surface area contributed by atoms with Gasteiger partial charge in [0.25, 0.3) is 5.91 Å². The molecule has 1 aliphatic carbocycles. The zero-order valence-electron chi connectivity index (χ0n) is 23.1. The van der Waals surface area contributed by atoms with Gasteiger partial charge in [0, 0.05) is 23.2 Å². The minimum Gasteiger partial charge on any atom is -0.493 e. The number of benzene rings is 2. The minimum atomic E-state index is -4.13. The van der Waals surface area contributed by atoms with Crippen molar-refractivity contribution < 1.29 is 32.2 Å². The van der Waals surface area contributed by atoms with E-state index >= 15 is 4.39 Å². The highest BCUT2D eigenvalue weighted by Crippen LogP contribution is 2.53. The Hall–Kier alpha value is -2.05. The van der Waals surface area contributed by atoms with Gasteiger partial charge in [-0.25, -0.2) is 4.39 Å². The first-order chi connectivity index (χ1) is 19.6. The second-order valence-electron chi connectivity index (χ2n) is 11.7. The normalized spacial score (nSPS) is 21.9. The number of hydrogen-bond acceptors (Lipinski definition) is 4. The lowest BCUT2D eigenvalue weighted by Gasteiger charge is -2.47. The van der Waals surface area contributed by atoms with E-state index in [9.17, 15) is 23.1 Å². The maximum atomic E-state index is 15.1. The molecule has 2 aromatic rings. The molecule has 0 radical (unpaired) electrons. The molecule has 0 spiro atoms. The van der Waals surface area contributed by atoms with Crippen molar-refractivity contribution in [2.75, 3.05) is 39.3 Å². The first-order valence-corrected chi connectivity index (χ1v) is 16.9. The standard InChI is InChI=1S/C31H37F4IN2O3/c1-36-28-17-24(41-19-21-9-14-37(15-10-21)20-30(11-3-12-30)31(33,34)35)6-8-25(28)22-5-7-26(27(32)16-22)29(40)38-13-2-4-23(39)18-38/h5-8,16-17,21,23,39H,1-4,9-15,18-20H2/t23-/m0/s1. The van der Waals surface area contributed by atoms with Gasteiger partial charge in [-0.3, -0.25) is 4.79 Å². The molecule has 1 N–H and O–H groups in total. The summed E-state index contributed by atoms with van der Waals surface area (Å²) in [7, 11) is 0. The van der Waals surface area contributed by atoms with Crippen molar-refractivity contribution in [2.45, 2.75) is 57.2 Å². The number of rotatable bonds is 8. The maximum Gasteiger partial charge on any atom is 0.395 e. The molecule has 2 heterocycles. The van der Waals surface area contributed by atoms with E-state index in [4.69, 9.17) is 4.74 Å². The molecular formula is C31H37F4IN2O3. The highest BCUT2D eigenvalue weighted by molar-refractivity contribution is 14.2. The third-order valence-corrected chi connectivity index (χ3v) is 10.6. The summed E-state index contributed by atoms with van der Waals surface area (Å²) in [6, 6.07) is 10.3. The number of aliphatic hydroxyl groups excluding tert-OH is 1. The molecule has 224 valence electrons. The van der Waals surface area contributed by atoms with Crippen LogP contribution in [0, 0.1) is 20.7 Å². The van der Waals surface area contributed by atoms with Crippen molar-refractivity contribution in [3.63, 3.8) is 0 Å². The van der Waals surface area contributed by atoms with Gasteiger partial charge in [-0.15, -0.1) is 0 Å². The number of β-amino-alcohol motifs (C(OH)–C–C–N with tert-alkyl or cyclic N) is 1. The molecule has 1 atom stereocenters. The molecule has 1 saturated carbocycles. The van der Waals surface area contributed by atoms with Crippen molar-refractivity contribution in [3.8, 4) is 16.9 Å². The van der Waals surface area contributed by atoms with E-state index in [0.29, 0.717) is 56.8 Å². The Bertz CT molecular complexity index is 1260. The van der Waals surface area contributed by atoms with Crippen LogP contribution in [0.15, 0.2) is 36.4 Å². The number of carbonyl (C=O) groups is 1. The SMILES string of the molecule is C=Ic1cc(OCC2CCN(CC3(C(F)(F)F)CCC3)CC2)ccc1-c1ccc(C(=O)N2CCC[C@H](O)C2)c(F)c1. The second-order valence-corrected chi connectivity index (χ2v) is 13.6. The Morgan fingerprint density at radius 3 is 2.44 bits per heavy atom. The van der Waals surface area contributed by atoms with Gasteiger partial charge in [-0.2, -0.15) is 13.2 Å². The lowest BCUT2D eigenvalue weighted by molar-refractivity contribution is -0.256. The Morgan fingerprint density at radius 2 is 1.83 bits per heavy atom. The average molecular weight is 689 g/mol. The van der Waals surface area contributed by atoms with Crippen molar-refractivity contribution >= 4 is 31.2 Å². The molecule has 2 aliphatic heterocycles. The van der Waals surface area contributed by atoms with Gasteiger partial charge in [0.15, 0.2) is 0 Å². The summed E-state index contributed by atoms with van der Waals surface area (Å²) in [6.07, 6.45) is -0.610. The van der Waals surface area contributed by atoms with Gasteiger partial charge < -0.3 is 19.6 Å². The van der Waals surface area contributed by atoms with Crippen LogP contribution in [0.1, 0.15) is 55.3 Å². The topological polar surface area (TPSA) is 53.0 Å². The number of hydrogen-bond donors (Lipinski definition) is 1. The number of carbonyl (C=O) groups excluding carboxylic acids is 1. The molecule has 5 nitrogen and oxygen atoms in total. The van der Waals surface area contributed by atoms with Crippen molar-refractivity contribution in [1.82, 2.24) is 9.80 Å². The maximum absolute atomic E-state index is 15.1. The molecule has 5 rings (SSSR count). The molecular weight excluding hydrogens is 651 g/mol. The summed E-state index contributed by atoms with van der Waals surface area (Å²) >= 11 is -0.609. The number of likely N-dealkylation sites (tertiary alicyclic amines) is 2. The van der Waals surface area contributed by atoms with Crippen LogP contribution < -0.4 is 4.74 Å². The van der Waals surface area contributed by atoms with E-state index < -0.39 is 50.2 Å². The third-order valence-electron chi connectivity index (χ3n) is 8.91. The van der Waals surface area contributed by atoms with Crippen LogP contribution in [0.5, 0.6) is 5.75 Å². The molecule has 3 aliphatic rings. The van der Waals surface area contributed by atoms with Gasteiger partial charge in [-0.1, -0.05) is 37.7 Å². The van der Waals surface area contributed by atoms with E-state index in [1.807, 2.05) is 23.1 Å². The minimum absolute atomic E-state index is 0.000912. The lowest BCUT2D eigenvalue weighted by Crippen LogP contribution is -2.53. The fourth-order valence-corrected chi connectivity index (χ4v) is 7.61. The van der Waals surface area contributed by atoms with Crippen molar-refractivity contribution in [3.05, 3.63) is 51.3 Å². The Balaban J connectivity index is 1.17. The van der Waals surface area contributed by atoms with Crippen LogP contribution >= 0.6 is 20.7 Å². The molecule has 2 aromatic carbocycles. The summed E-state index contributed by atoms with van der Waals surface area (Å²) in [5.74, 6) is -0.0100. The van der Waals surface area contributed by atoms with Gasteiger partial charge in [-0.05, 0) is 99.0 Å². The zero-order valence-corrected chi connectivity index (χ0v) is 25.2. The van der Waals surface area contributed by atoms with Crippen LogP contribution in [0.3, 0.4) is 0 Å². The molecule has 41 heavy (non-hydrogen) atoms. The Morgan fingerprint density at radius 1 is 1.07 bits per heavy atom. The summed E-state index contributed by atoms with van der Waals surface area (Å²) < 4.78 is 67.0. The van der Waals surface area contributed by atoms with Crippen molar-refractivity contribution in [1.29, 1.82) is 0 Å². The van der Waals surface area contributed by atoms with Crippen molar-refractivity contribution in [2.24, 2.45) is 11.3 Å². The van der Waals surface area contributed by atoms with Gasteiger partial charge >= 0.3 is 6.18 Å². The lowest BCUT2D eigenvalue weighted by atomic mass is 9.67. The zero-order chi connectivity index (χ0) is 29.2. The number of piperidine rings is 2. The molecule has 1 amide bonds. The smallest absolute Gasteiger partial charge is 0.395 e. The average Bonchev–Trinajstić information content (AvgIpc) is 2.93. The number of alkyl halides is 3. The molecule has 3 fully saturated rings. The van der Waals surface area contributed by atoms with Crippen LogP contribution in [-0.4, -0.2) is 76.9 Å². The van der Waals surface area contributed by atoms with E-state index in [1.54, 1.807) is 6.07 Å². The van der Waals surface area contributed by atoms with Gasteiger partial charge in [0.1, 0.15) is 11.6 Å². The van der Waals surface area contributed by atoms with Gasteiger partial charge in [0.2, 0.25) is 0 Å². The third kappa shape index (κ3) is 6.80. The Labute approximate surface area is 248 Å². The van der Waals surface area contributed by atoms with Gasteiger partial charge in [0.05, 0.1) is 23.7 Å². The number of nitrogens with zero attached hydrogens (tertiary/aromatic N) is 2. The number of halogens is 5. The van der Waals surface area contributed by atoms with Crippen LogP contribution in [0.4, 0.5) is 17.6 Å². The fraction of sp³-hybridized carbons (Fsp3) is 0.548. The van der Waals surface area contributed by atoms with Crippen LogP contribution in [0.2, 0.25) is 0 Å². The largest absolute Gasteiger partial charge is 0.493 e. The first kappa shape index (κ1) is 30.4. The summed E-state index contributed by atoms with van der Waals surface area (Å²) in [6.45, 7) is 2.65. The first-order valence-electron chi connectivity index (χ1n) is 14.3. The number of aliphatic hydroxyl groups is 1. The Kier molecular flexibility index (Phi) is 9.40. The van der Waals surface area contributed by atoms with Crippen LogP contribution in [0.25, 0.3) is 11.1 Å². The predicted octanol–water partition coefficient (Wildman–Crippen LogP) is 6.49. The predicted molar refractivity (Wildman–Crippen MR) is 160 cm³/mol. The molecule has 0 bridgehead atoms. The quantitative estimate of drug-likeness (QED) is 0.255. The van der Waals surface area contributed by atoms with Crippen LogP contribution in [-0.2, 0) is 0 Å². The molecule has 0 unspecified atom stereocenters. The summed E-state index contributed by atoms with van der Waals surface area (Å²) in [5.41, 5.74) is 0.00917.